The Hall–Kier alpha value is -3.53. The van der Waals surface area contributed by atoms with Crippen molar-refractivity contribution in [2.75, 3.05) is 39.3 Å². The summed E-state index contributed by atoms with van der Waals surface area (Å²) in [6.07, 6.45) is -1.51. The number of benzene rings is 2. The summed E-state index contributed by atoms with van der Waals surface area (Å²) in [4.78, 5) is 41.6. The molecule has 4 amide bonds. The fourth-order valence-electron chi connectivity index (χ4n) is 4.98. The molecule has 0 bridgehead atoms. The Morgan fingerprint density at radius 3 is 2.42 bits per heavy atom. The minimum atomic E-state index is -1.36. The summed E-state index contributed by atoms with van der Waals surface area (Å²) in [6, 6.07) is 11.9. The van der Waals surface area contributed by atoms with Crippen LogP contribution < -0.4 is 16.0 Å². The van der Waals surface area contributed by atoms with Gasteiger partial charge in [-0.1, -0.05) is 56.3 Å². The Bertz CT molecular complexity index is 1140. The topological polar surface area (TPSA) is 93.8 Å². The van der Waals surface area contributed by atoms with Crippen LogP contribution in [0.15, 0.2) is 48.5 Å². The molecule has 0 aromatic heterocycles. The highest BCUT2D eigenvalue weighted by Gasteiger charge is 2.40. The van der Waals surface area contributed by atoms with Crippen LogP contribution in [0.1, 0.15) is 48.9 Å². The average Bonchev–Trinajstić information content (AvgIpc) is 3.32. The van der Waals surface area contributed by atoms with E-state index in [2.05, 4.69) is 16.0 Å². The molecule has 204 valence electrons. The molecular formula is C28H35F2N5O3. The van der Waals surface area contributed by atoms with E-state index in [0.717, 1.165) is 5.56 Å². The van der Waals surface area contributed by atoms with Gasteiger partial charge in [-0.2, -0.15) is 0 Å². The van der Waals surface area contributed by atoms with Crippen LogP contribution in [0.4, 0.5) is 13.6 Å². The number of halogens is 2. The molecule has 0 radical (unpaired) electrons. The molecule has 4 rings (SSSR count). The van der Waals surface area contributed by atoms with E-state index in [9.17, 15) is 23.2 Å². The maximum absolute atomic E-state index is 14.9. The van der Waals surface area contributed by atoms with Gasteiger partial charge in [0.2, 0.25) is 11.8 Å². The van der Waals surface area contributed by atoms with Crippen molar-refractivity contribution in [1.29, 1.82) is 0 Å². The second-order valence-electron chi connectivity index (χ2n) is 10.1. The lowest BCUT2D eigenvalue weighted by atomic mass is 9.94. The first-order valence-corrected chi connectivity index (χ1v) is 13.1. The first-order chi connectivity index (χ1) is 18.2. The van der Waals surface area contributed by atoms with Crippen LogP contribution in [0.25, 0.3) is 0 Å². The minimum absolute atomic E-state index is 0.000402. The molecule has 0 spiro atoms. The summed E-state index contributed by atoms with van der Waals surface area (Å²) in [5, 5.41) is 8.66. The quantitative estimate of drug-likeness (QED) is 0.516. The number of alkyl halides is 1. The van der Waals surface area contributed by atoms with Crippen LogP contribution in [0, 0.1) is 5.82 Å². The van der Waals surface area contributed by atoms with Crippen molar-refractivity contribution in [2.45, 2.75) is 44.4 Å². The van der Waals surface area contributed by atoms with E-state index in [0.29, 0.717) is 37.3 Å². The Labute approximate surface area is 221 Å². The average molecular weight is 528 g/mol. The van der Waals surface area contributed by atoms with E-state index >= 15 is 0 Å². The molecule has 0 aliphatic carbocycles. The zero-order chi connectivity index (χ0) is 27.2. The third-order valence-corrected chi connectivity index (χ3v) is 7.07. The molecule has 0 saturated carbocycles. The van der Waals surface area contributed by atoms with Crippen molar-refractivity contribution in [3.63, 3.8) is 0 Å². The second kappa shape index (κ2) is 12.3. The van der Waals surface area contributed by atoms with E-state index in [-0.39, 0.29) is 37.3 Å². The second-order valence-corrected chi connectivity index (χ2v) is 10.1. The lowest BCUT2D eigenvalue weighted by Crippen LogP contribution is -2.53. The predicted molar refractivity (Wildman–Crippen MR) is 140 cm³/mol. The molecule has 3 unspecified atom stereocenters. The summed E-state index contributed by atoms with van der Waals surface area (Å²) < 4.78 is 29.3. The summed E-state index contributed by atoms with van der Waals surface area (Å²) in [6.45, 7) is 5.65. The van der Waals surface area contributed by atoms with E-state index in [1.807, 2.05) is 44.2 Å². The molecule has 38 heavy (non-hydrogen) atoms. The van der Waals surface area contributed by atoms with Crippen molar-refractivity contribution >= 4 is 17.8 Å². The molecule has 2 heterocycles. The van der Waals surface area contributed by atoms with Gasteiger partial charge in [0.25, 0.3) is 0 Å². The number of hydrogen-bond donors (Lipinski definition) is 3. The number of nitrogens with one attached hydrogen (secondary N) is 3. The standard InChI is InChI=1S/C28H35F2N5O3/c1-18(2)22-9-8-20(14-23(22)30)26(19-6-4-3-5-7-19)33-27(37)24-15-21(29)17-35(24)25(36)16-32-28(38)34-12-10-31-11-13-34/h3-9,14,18,21,24,26,31H,10-13,15-17H2,1-2H3,(H,32,38)(H,33,37). The van der Waals surface area contributed by atoms with Gasteiger partial charge in [-0.15, -0.1) is 0 Å². The lowest BCUT2D eigenvalue weighted by molar-refractivity contribution is -0.137. The summed E-state index contributed by atoms with van der Waals surface area (Å²) in [5.41, 5.74) is 1.85. The van der Waals surface area contributed by atoms with Crippen LogP contribution >= 0.6 is 0 Å². The number of hydrogen-bond acceptors (Lipinski definition) is 4. The first kappa shape index (κ1) is 27.5. The maximum atomic E-state index is 14.9. The number of likely N-dealkylation sites (tertiary alicyclic amines) is 1. The zero-order valence-electron chi connectivity index (χ0n) is 21.8. The van der Waals surface area contributed by atoms with Gasteiger partial charge in [0.1, 0.15) is 18.0 Å². The maximum Gasteiger partial charge on any atom is 0.317 e. The number of urea groups is 1. The molecule has 2 aromatic carbocycles. The van der Waals surface area contributed by atoms with E-state index in [1.54, 1.807) is 17.0 Å². The largest absolute Gasteiger partial charge is 0.343 e. The third kappa shape index (κ3) is 6.48. The summed E-state index contributed by atoms with van der Waals surface area (Å²) >= 11 is 0. The predicted octanol–water partition coefficient (Wildman–Crippen LogP) is 2.71. The highest BCUT2D eigenvalue weighted by atomic mass is 19.1. The van der Waals surface area contributed by atoms with Gasteiger partial charge in [-0.3, -0.25) is 9.59 Å². The van der Waals surface area contributed by atoms with Gasteiger partial charge >= 0.3 is 6.03 Å². The Morgan fingerprint density at radius 1 is 1.05 bits per heavy atom. The van der Waals surface area contributed by atoms with Crippen molar-refractivity contribution < 1.29 is 23.2 Å². The van der Waals surface area contributed by atoms with Crippen molar-refractivity contribution in [1.82, 2.24) is 25.8 Å². The van der Waals surface area contributed by atoms with Crippen molar-refractivity contribution in [2.24, 2.45) is 0 Å². The van der Waals surface area contributed by atoms with Gasteiger partial charge in [0, 0.05) is 32.6 Å². The number of carbonyl (C=O) groups is 3. The van der Waals surface area contributed by atoms with Gasteiger partial charge in [0.15, 0.2) is 0 Å². The summed E-state index contributed by atoms with van der Waals surface area (Å²) in [7, 11) is 0. The number of rotatable bonds is 7. The number of piperazine rings is 1. The van der Waals surface area contributed by atoms with Crippen LogP contribution in [0.2, 0.25) is 0 Å². The monoisotopic (exact) mass is 527 g/mol. The van der Waals surface area contributed by atoms with Crippen LogP contribution in [0.3, 0.4) is 0 Å². The van der Waals surface area contributed by atoms with Crippen molar-refractivity contribution in [3.8, 4) is 0 Å². The SMILES string of the molecule is CC(C)c1ccc(C(NC(=O)C2CC(F)CN2C(=O)CNC(=O)N2CCNCC2)c2ccccc2)cc1F. The third-order valence-electron chi connectivity index (χ3n) is 7.07. The molecule has 2 fully saturated rings. The Morgan fingerprint density at radius 2 is 1.76 bits per heavy atom. The van der Waals surface area contributed by atoms with Crippen LogP contribution in [0.5, 0.6) is 0 Å². The molecule has 2 aromatic rings. The van der Waals surface area contributed by atoms with Crippen molar-refractivity contribution in [3.05, 3.63) is 71.0 Å². The highest BCUT2D eigenvalue weighted by molar-refractivity contribution is 5.91. The highest BCUT2D eigenvalue weighted by Crippen LogP contribution is 2.28. The first-order valence-electron chi connectivity index (χ1n) is 13.1. The molecule has 2 saturated heterocycles. The van der Waals surface area contributed by atoms with Gasteiger partial charge < -0.3 is 25.8 Å². The molecule has 8 nitrogen and oxygen atoms in total. The number of carbonyl (C=O) groups excluding carboxylic acids is 3. The minimum Gasteiger partial charge on any atom is -0.343 e. The molecule has 3 atom stereocenters. The van der Waals surface area contributed by atoms with Gasteiger partial charge in [-0.25, -0.2) is 13.6 Å². The fraction of sp³-hybridized carbons (Fsp3) is 0.464. The number of amides is 4. The van der Waals surface area contributed by atoms with E-state index in [1.165, 1.54) is 11.0 Å². The summed E-state index contributed by atoms with van der Waals surface area (Å²) in [5.74, 6) is -1.43. The molecular weight excluding hydrogens is 492 g/mol. The normalized spacial score (nSPS) is 20.3. The Kier molecular flexibility index (Phi) is 8.93. The number of nitrogens with zero attached hydrogens (tertiary/aromatic N) is 2. The molecule has 2 aliphatic heterocycles. The molecule has 10 heteroatoms. The van der Waals surface area contributed by atoms with Crippen LogP contribution in [-0.2, 0) is 9.59 Å². The van der Waals surface area contributed by atoms with Crippen LogP contribution in [-0.4, -0.2) is 79.1 Å². The van der Waals surface area contributed by atoms with E-state index < -0.39 is 30.1 Å². The molecule has 2 aliphatic rings. The van der Waals surface area contributed by atoms with Gasteiger partial charge in [0.05, 0.1) is 19.1 Å². The zero-order valence-corrected chi connectivity index (χ0v) is 21.8. The Balaban J connectivity index is 1.48. The van der Waals surface area contributed by atoms with Gasteiger partial charge in [-0.05, 0) is 28.7 Å². The van der Waals surface area contributed by atoms with E-state index in [4.69, 9.17) is 0 Å². The smallest absolute Gasteiger partial charge is 0.317 e. The molecule has 3 N–H and O–H groups in total. The lowest BCUT2D eigenvalue weighted by Gasteiger charge is -2.29. The fourth-order valence-corrected chi connectivity index (χ4v) is 4.98.